The minimum Gasteiger partial charge on any atom is -0.342 e. The molecule has 0 saturated carbocycles. The molecule has 2 aromatic heterocycles. The second-order valence-corrected chi connectivity index (χ2v) is 10.2. The van der Waals surface area contributed by atoms with Crippen LogP contribution in [-0.2, 0) is 11.3 Å². The van der Waals surface area contributed by atoms with Gasteiger partial charge in [0.1, 0.15) is 0 Å². The number of halogens is 2. The lowest BCUT2D eigenvalue weighted by atomic mass is 10.0. The van der Waals surface area contributed by atoms with Crippen molar-refractivity contribution in [2.24, 2.45) is 5.92 Å². The summed E-state index contributed by atoms with van der Waals surface area (Å²) in [5, 5.41) is 18.2. The fourth-order valence-electron chi connectivity index (χ4n) is 3.05. The Labute approximate surface area is 210 Å². The van der Waals surface area contributed by atoms with E-state index in [9.17, 15) is 9.59 Å². The van der Waals surface area contributed by atoms with Gasteiger partial charge in [-0.15, -0.1) is 21.5 Å². The predicted molar refractivity (Wildman–Crippen MR) is 133 cm³/mol. The molecular weight excluding hydrogens is 503 g/mol. The van der Waals surface area contributed by atoms with Gasteiger partial charge >= 0.3 is 0 Å². The molecule has 2 amide bonds. The van der Waals surface area contributed by atoms with Gasteiger partial charge in [-0.2, -0.15) is 0 Å². The summed E-state index contributed by atoms with van der Waals surface area (Å²) in [6.45, 7) is 8.39. The smallest absolute Gasteiger partial charge is 0.253 e. The van der Waals surface area contributed by atoms with E-state index < -0.39 is 6.04 Å². The van der Waals surface area contributed by atoms with Crippen LogP contribution in [0.15, 0.2) is 28.7 Å². The Balaban J connectivity index is 1.73. The van der Waals surface area contributed by atoms with Gasteiger partial charge in [-0.05, 0) is 38.0 Å². The summed E-state index contributed by atoms with van der Waals surface area (Å²) >= 11 is 14.8. The molecule has 2 heterocycles. The average Bonchev–Trinajstić information content (AvgIpc) is 3.35. The van der Waals surface area contributed by atoms with Gasteiger partial charge in [0.15, 0.2) is 16.1 Å². The fourth-order valence-corrected chi connectivity index (χ4v) is 5.06. The highest BCUT2D eigenvalue weighted by atomic mass is 35.5. The predicted octanol–water partition coefficient (Wildman–Crippen LogP) is 5.23. The minimum absolute atomic E-state index is 0.0313. The number of thioether (sulfide) groups is 1. The highest BCUT2D eigenvalue weighted by molar-refractivity contribution is 7.99. The number of amides is 2. The first-order chi connectivity index (χ1) is 15.7. The minimum atomic E-state index is -0.404. The van der Waals surface area contributed by atoms with Crippen molar-refractivity contribution >= 4 is 63.2 Å². The maximum absolute atomic E-state index is 12.9. The van der Waals surface area contributed by atoms with E-state index >= 15 is 0 Å². The molecule has 0 bridgehead atoms. The van der Waals surface area contributed by atoms with Crippen LogP contribution in [-0.4, -0.2) is 37.3 Å². The van der Waals surface area contributed by atoms with E-state index in [0.717, 1.165) is 5.69 Å². The molecule has 1 aromatic carbocycles. The Morgan fingerprint density at radius 2 is 2.00 bits per heavy atom. The third-order valence-corrected chi connectivity index (χ3v) is 7.06. The van der Waals surface area contributed by atoms with Gasteiger partial charge < -0.3 is 15.2 Å². The molecular formula is C21H24Cl2N6O2S2. The topological polar surface area (TPSA) is 102 Å². The Kier molecular flexibility index (Phi) is 8.75. The zero-order chi connectivity index (χ0) is 24.1. The number of carbonyl (C=O) groups excluding carboxylic acids is 2. The molecule has 12 heteroatoms. The van der Waals surface area contributed by atoms with Crippen molar-refractivity contribution in [3.05, 3.63) is 50.7 Å². The van der Waals surface area contributed by atoms with Crippen LogP contribution in [0.3, 0.4) is 0 Å². The highest BCUT2D eigenvalue weighted by Crippen LogP contribution is 2.27. The molecule has 0 radical (unpaired) electrons. The van der Waals surface area contributed by atoms with E-state index in [1.165, 1.54) is 29.2 Å². The molecule has 0 spiro atoms. The van der Waals surface area contributed by atoms with Gasteiger partial charge in [-0.3, -0.25) is 9.59 Å². The van der Waals surface area contributed by atoms with E-state index in [2.05, 4.69) is 25.8 Å². The monoisotopic (exact) mass is 526 g/mol. The molecule has 2 N–H and O–H groups in total. The third-order valence-electron chi connectivity index (χ3n) is 4.67. The molecule has 33 heavy (non-hydrogen) atoms. The van der Waals surface area contributed by atoms with Crippen molar-refractivity contribution < 1.29 is 9.59 Å². The summed E-state index contributed by atoms with van der Waals surface area (Å²) in [6, 6.07) is 4.34. The highest BCUT2D eigenvalue weighted by Gasteiger charge is 2.27. The number of aromatic nitrogens is 4. The van der Waals surface area contributed by atoms with Crippen LogP contribution in [0.2, 0.25) is 10.0 Å². The molecule has 0 unspecified atom stereocenters. The molecule has 3 aromatic rings. The summed E-state index contributed by atoms with van der Waals surface area (Å²) in [6.07, 6.45) is 0. The lowest BCUT2D eigenvalue weighted by Gasteiger charge is -2.22. The summed E-state index contributed by atoms with van der Waals surface area (Å²) in [7, 11) is 0. The number of hydrogen-bond donors (Lipinski definition) is 2. The molecule has 0 fully saturated rings. The first-order valence-electron chi connectivity index (χ1n) is 10.2. The third kappa shape index (κ3) is 6.47. The fraction of sp³-hybridized carbons (Fsp3) is 0.381. The first kappa shape index (κ1) is 25.5. The second kappa shape index (κ2) is 11.3. The van der Waals surface area contributed by atoms with Crippen LogP contribution in [0.4, 0.5) is 5.13 Å². The van der Waals surface area contributed by atoms with E-state index in [-0.39, 0.29) is 28.5 Å². The summed E-state index contributed by atoms with van der Waals surface area (Å²) in [4.78, 5) is 29.4. The van der Waals surface area contributed by atoms with E-state index in [0.29, 0.717) is 33.2 Å². The van der Waals surface area contributed by atoms with Crippen molar-refractivity contribution in [2.75, 3.05) is 11.1 Å². The Hall–Kier alpha value is -2.14. The van der Waals surface area contributed by atoms with Crippen molar-refractivity contribution in [2.45, 2.75) is 45.4 Å². The molecule has 176 valence electrons. The normalized spacial score (nSPS) is 12.1. The molecule has 1 atom stereocenters. The largest absolute Gasteiger partial charge is 0.342 e. The number of nitrogens with zero attached hydrogens (tertiary/aromatic N) is 4. The molecule has 0 aliphatic heterocycles. The van der Waals surface area contributed by atoms with Crippen molar-refractivity contribution in [1.82, 2.24) is 25.1 Å². The van der Waals surface area contributed by atoms with E-state index in [1.54, 1.807) is 12.1 Å². The number of rotatable bonds is 9. The van der Waals surface area contributed by atoms with Crippen LogP contribution in [0.5, 0.6) is 0 Å². The summed E-state index contributed by atoms with van der Waals surface area (Å²) in [5.74, 6) is 0.310. The number of benzene rings is 1. The molecule has 8 nitrogen and oxygen atoms in total. The zero-order valence-corrected chi connectivity index (χ0v) is 21.7. The second-order valence-electron chi connectivity index (χ2n) is 7.54. The lowest BCUT2D eigenvalue weighted by Crippen LogP contribution is -2.34. The van der Waals surface area contributed by atoms with Gasteiger partial charge in [0.05, 0.1) is 28.1 Å². The Morgan fingerprint density at radius 3 is 2.61 bits per heavy atom. The standard InChI is InChI=1S/C21H24Cl2N6O2S2/c1-5-29-18(17(11(2)3)26-19(31)14-7-6-13(22)8-15(14)23)27-28-21(29)33-10-16(30)25-20-24-12(4)9-32-20/h6-9,11,17H,5,10H2,1-4H3,(H,26,31)(H,24,25,30)/t17-/m1/s1. The molecule has 0 saturated heterocycles. The van der Waals surface area contributed by atoms with Crippen LogP contribution in [0, 0.1) is 12.8 Å². The number of carbonyl (C=O) groups is 2. The number of nitrogens with one attached hydrogen (secondary N) is 2. The van der Waals surface area contributed by atoms with Crippen LogP contribution >= 0.6 is 46.3 Å². The van der Waals surface area contributed by atoms with Gasteiger partial charge in [0.25, 0.3) is 5.91 Å². The quantitative estimate of drug-likeness (QED) is 0.370. The van der Waals surface area contributed by atoms with Gasteiger partial charge in [0, 0.05) is 16.9 Å². The Morgan fingerprint density at radius 1 is 1.24 bits per heavy atom. The molecule has 0 aliphatic rings. The van der Waals surface area contributed by atoms with Crippen molar-refractivity contribution in [3.8, 4) is 0 Å². The van der Waals surface area contributed by atoms with Gasteiger partial charge in [-0.1, -0.05) is 48.8 Å². The SMILES string of the molecule is CCn1c(SCC(=O)Nc2nc(C)cs2)nnc1[C@H](NC(=O)c1ccc(Cl)cc1Cl)C(C)C. The average molecular weight is 528 g/mol. The number of thiazole rings is 1. The molecule has 0 aliphatic carbocycles. The lowest BCUT2D eigenvalue weighted by molar-refractivity contribution is -0.113. The van der Waals surface area contributed by atoms with Crippen LogP contribution < -0.4 is 10.6 Å². The number of aryl methyl sites for hydroxylation is 1. The van der Waals surface area contributed by atoms with E-state index in [4.69, 9.17) is 23.2 Å². The zero-order valence-electron chi connectivity index (χ0n) is 18.6. The molecule has 3 rings (SSSR count). The number of anilines is 1. The van der Waals surface area contributed by atoms with Crippen LogP contribution in [0.25, 0.3) is 0 Å². The van der Waals surface area contributed by atoms with Crippen molar-refractivity contribution in [3.63, 3.8) is 0 Å². The maximum atomic E-state index is 12.9. The van der Waals surface area contributed by atoms with Crippen molar-refractivity contribution in [1.29, 1.82) is 0 Å². The summed E-state index contributed by atoms with van der Waals surface area (Å²) < 4.78 is 1.90. The van der Waals surface area contributed by atoms with Crippen LogP contribution in [0.1, 0.15) is 48.7 Å². The maximum Gasteiger partial charge on any atom is 0.253 e. The van der Waals surface area contributed by atoms with Gasteiger partial charge in [0.2, 0.25) is 5.91 Å². The Bertz CT molecular complexity index is 1150. The van der Waals surface area contributed by atoms with Gasteiger partial charge in [-0.25, -0.2) is 4.98 Å². The first-order valence-corrected chi connectivity index (χ1v) is 12.9. The van der Waals surface area contributed by atoms with E-state index in [1.807, 2.05) is 37.6 Å². The number of hydrogen-bond acceptors (Lipinski definition) is 7. The summed E-state index contributed by atoms with van der Waals surface area (Å²) in [5.41, 5.74) is 1.19.